The topological polar surface area (TPSA) is 71.1 Å². The fourth-order valence-corrected chi connectivity index (χ4v) is 2.47. The Kier molecular flexibility index (Phi) is 4.49. The van der Waals surface area contributed by atoms with E-state index in [2.05, 4.69) is 15.6 Å². The van der Waals surface area contributed by atoms with Gasteiger partial charge in [-0.2, -0.15) is 0 Å². The van der Waals surface area contributed by atoms with Crippen molar-refractivity contribution in [3.05, 3.63) is 30.1 Å². The summed E-state index contributed by atoms with van der Waals surface area (Å²) in [5.74, 6) is 0.116. The molecule has 1 saturated carbocycles. The lowest BCUT2D eigenvalue weighted by molar-refractivity contribution is -0.125. The van der Waals surface area contributed by atoms with Crippen molar-refractivity contribution in [2.75, 3.05) is 7.05 Å². The molecular formula is C14H19N3O2. The Morgan fingerprint density at radius 3 is 2.58 bits per heavy atom. The maximum Gasteiger partial charge on any atom is 0.253 e. The largest absolute Gasteiger partial charge is 0.359 e. The van der Waals surface area contributed by atoms with Crippen LogP contribution in [0.15, 0.2) is 24.5 Å². The number of pyridine rings is 1. The second kappa shape index (κ2) is 6.31. The van der Waals surface area contributed by atoms with Gasteiger partial charge in [-0.05, 0) is 37.8 Å². The van der Waals surface area contributed by atoms with Gasteiger partial charge >= 0.3 is 0 Å². The van der Waals surface area contributed by atoms with E-state index in [0.29, 0.717) is 5.56 Å². The predicted octanol–water partition coefficient (Wildman–Crippen LogP) is 1.12. The summed E-state index contributed by atoms with van der Waals surface area (Å²) in [5, 5.41) is 5.68. The first kappa shape index (κ1) is 13.5. The smallest absolute Gasteiger partial charge is 0.253 e. The van der Waals surface area contributed by atoms with Crippen LogP contribution in [0.1, 0.15) is 36.0 Å². The number of carbonyl (C=O) groups excluding carboxylic acids is 2. The predicted molar refractivity (Wildman–Crippen MR) is 71.5 cm³/mol. The first-order valence-corrected chi connectivity index (χ1v) is 6.63. The van der Waals surface area contributed by atoms with E-state index in [4.69, 9.17) is 0 Å². The van der Waals surface area contributed by atoms with Gasteiger partial charge in [0.2, 0.25) is 5.91 Å². The van der Waals surface area contributed by atoms with Gasteiger partial charge in [0.05, 0.1) is 5.56 Å². The summed E-state index contributed by atoms with van der Waals surface area (Å²) in [6.07, 6.45) is 6.57. The summed E-state index contributed by atoms with van der Waals surface area (Å²) in [7, 11) is 1.67. The van der Waals surface area contributed by atoms with E-state index < -0.39 is 0 Å². The highest BCUT2D eigenvalue weighted by Gasteiger charge is 2.26. The molecule has 0 unspecified atom stereocenters. The molecule has 1 fully saturated rings. The van der Waals surface area contributed by atoms with Gasteiger partial charge in [-0.25, -0.2) is 0 Å². The zero-order valence-corrected chi connectivity index (χ0v) is 11.1. The summed E-state index contributed by atoms with van der Waals surface area (Å²) < 4.78 is 0. The average molecular weight is 261 g/mol. The van der Waals surface area contributed by atoms with E-state index in [1.807, 2.05) is 0 Å². The van der Waals surface area contributed by atoms with Gasteiger partial charge in [0.15, 0.2) is 0 Å². The van der Waals surface area contributed by atoms with E-state index in [1.165, 1.54) is 0 Å². The molecule has 2 N–H and O–H groups in total. The van der Waals surface area contributed by atoms with Crippen molar-refractivity contribution >= 4 is 11.8 Å². The molecule has 102 valence electrons. The molecule has 0 bridgehead atoms. The Morgan fingerprint density at radius 2 is 2.00 bits per heavy atom. The van der Waals surface area contributed by atoms with Gasteiger partial charge in [0.25, 0.3) is 5.91 Å². The summed E-state index contributed by atoms with van der Waals surface area (Å²) in [6, 6.07) is 3.66. The summed E-state index contributed by atoms with van der Waals surface area (Å²) in [5.41, 5.74) is 0.580. The van der Waals surface area contributed by atoms with E-state index in [-0.39, 0.29) is 23.8 Å². The Bertz CT molecular complexity index is 439. The molecule has 0 aliphatic heterocycles. The standard InChI is InChI=1S/C14H19N3O2/c1-15-13(18)10-4-6-12(7-5-10)17-14(19)11-3-2-8-16-9-11/h2-3,8-10,12H,4-7H2,1H3,(H,15,18)(H,17,19). The van der Waals surface area contributed by atoms with Crippen LogP contribution in [0.3, 0.4) is 0 Å². The van der Waals surface area contributed by atoms with E-state index >= 15 is 0 Å². The number of rotatable bonds is 3. The molecule has 5 nitrogen and oxygen atoms in total. The fourth-order valence-electron chi connectivity index (χ4n) is 2.47. The average Bonchev–Trinajstić information content (AvgIpc) is 2.48. The minimum absolute atomic E-state index is 0.0866. The highest BCUT2D eigenvalue weighted by atomic mass is 16.2. The van der Waals surface area contributed by atoms with Crippen molar-refractivity contribution in [1.29, 1.82) is 0 Å². The van der Waals surface area contributed by atoms with Gasteiger partial charge in [-0.15, -0.1) is 0 Å². The maximum atomic E-state index is 12.0. The third kappa shape index (κ3) is 3.53. The first-order chi connectivity index (χ1) is 9.20. The van der Waals surface area contributed by atoms with Crippen LogP contribution in [0.5, 0.6) is 0 Å². The Balaban J connectivity index is 1.83. The van der Waals surface area contributed by atoms with E-state index in [0.717, 1.165) is 25.7 Å². The minimum Gasteiger partial charge on any atom is -0.359 e. The highest BCUT2D eigenvalue weighted by molar-refractivity contribution is 5.94. The second-order valence-electron chi connectivity index (χ2n) is 4.88. The molecule has 0 aromatic carbocycles. The van der Waals surface area contributed by atoms with Gasteiger partial charge in [0.1, 0.15) is 0 Å². The fraction of sp³-hybridized carbons (Fsp3) is 0.500. The Labute approximate surface area is 112 Å². The molecule has 1 aromatic rings. The van der Waals surface area contributed by atoms with E-state index in [1.54, 1.807) is 31.6 Å². The molecule has 0 atom stereocenters. The van der Waals surface area contributed by atoms with Crippen LogP contribution in [0, 0.1) is 5.92 Å². The molecule has 2 amide bonds. The number of nitrogens with zero attached hydrogens (tertiary/aromatic N) is 1. The molecule has 0 radical (unpaired) electrons. The number of carbonyl (C=O) groups is 2. The number of hydrogen-bond acceptors (Lipinski definition) is 3. The molecule has 1 heterocycles. The third-order valence-corrected chi connectivity index (χ3v) is 3.60. The molecule has 19 heavy (non-hydrogen) atoms. The van der Waals surface area contributed by atoms with Gasteiger partial charge in [-0.3, -0.25) is 14.6 Å². The number of amides is 2. The Hall–Kier alpha value is -1.91. The quantitative estimate of drug-likeness (QED) is 0.856. The van der Waals surface area contributed by atoms with Gasteiger partial charge < -0.3 is 10.6 Å². The summed E-state index contributed by atoms with van der Waals surface area (Å²) in [6.45, 7) is 0. The van der Waals surface area contributed by atoms with Crippen molar-refractivity contribution in [1.82, 2.24) is 15.6 Å². The van der Waals surface area contributed by atoms with Crippen LogP contribution in [0.2, 0.25) is 0 Å². The summed E-state index contributed by atoms with van der Waals surface area (Å²) >= 11 is 0. The zero-order chi connectivity index (χ0) is 13.7. The van der Waals surface area contributed by atoms with Crippen LogP contribution in [-0.4, -0.2) is 29.9 Å². The molecule has 0 saturated heterocycles. The number of nitrogens with one attached hydrogen (secondary N) is 2. The van der Waals surface area contributed by atoms with Gasteiger partial charge in [-0.1, -0.05) is 0 Å². The summed E-state index contributed by atoms with van der Waals surface area (Å²) in [4.78, 5) is 27.4. The van der Waals surface area contributed by atoms with Crippen molar-refractivity contribution in [3.8, 4) is 0 Å². The lowest BCUT2D eigenvalue weighted by atomic mass is 9.85. The van der Waals surface area contributed by atoms with E-state index in [9.17, 15) is 9.59 Å². The highest BCUT2D eigenvalue weighted by Crippen LogP contribution is 2.24. The van der Waals surface area contributed by atoms with Gasteiger partial charge in [0, 0.05) is 31.4 Å². The molecular weight excluding hydrogens is 242 g/mol. The molecule has 1 aromatic heterocycles. The van der Waals surface area contributed by atoms with Crippen molar-refractivity contribution in [2.45, 2.75) is 31.7 Å². The van der Waals surface area contributed by atoms with Crippen LogP contribution < -0.4 is 10.6 Å². The van der Waals surface area contributed by atoms with Crippen molar-refractivity contribution in [2.24, 2.45) is 5.92 Å². The maximum absolute atomic E-state index is 12.0. The molecule has 1 aliphatic carbocycles. The molecule has 0 spiro atoms. The molecule has 1 aliphatic rings. The second-order valence-corrected chi connectivity index (χ2v) is 4.88. The lowest BCUT2D eigenvalue weighted by Gasteiger charge is -2.28. The number of aromatic nitrogens is 1. The van der Waals surface area contributed by atoms with Crippen LogP contribution >= 0.6 is 0 Å². The molecule has 5 heteroatoms. The number of hydrogen-bond donors (Lipinski definition) is 2. The SMILES string of the molecule is CNC(=O)C1CCC(NC(=O)c2cccnc2)CC1. The zero-order valence-electron chi connectivity index (χ0n) is 11.1. The van der Waals surface area contributed by atoms with Crippen LogP contribution in [0.4, 0.5) is 0 Å². The van der Waals surface area contributed by atoms with Crippen molar-refractivity contribution < 1.29 is 9.59 Å². The van der Waals surface area contributed by atoms with Crippen LogP contribution in [0.25, 0.3) is 0 Å². The minimum atomic E-state index is -0.0866. The Morgan fingerprint density at radius 1 is 1.26 bits per heavy atom. The van der Waals surface area contributed by atoms with Crippen LogP contribution in [-0.2, 0) is 4.79 Å². The first-order valence-electron chi connectivity index (χ1n) is 6.63. The molecule has 2 rings (SSSR count). The lowest BCUT2D eigenvalue weighted by Crippen LogP contribution is -2.40. The normalized spacial score (nSPS) is 22.6. The van der Waals surface area contributed by atoms with Crippen molar-refractivity contribution in [3.63, 3.8) is 0 Å². The third-order valence-electron chi connectivity index (χ3n) is 3.60. The monoisotopic (exact) mass is 261 g/mol.